The van der Waals surface area contributed by atoms with E-state index < -0.39 is 31.1 Å². The van der Waals surface area contributed by atoms with Crippen molar-refractivity contribution in [3.05, 3.63) is 48.7 Å². The Labute approximate surface area is 171 Å². The van der Waals surface area contributed by atoms with Gasteiger partial charge in [0, 0.05) is 23.6 Å². The summed E-state index contributed by atoms with van der Waals surface area (Å²) in [5.41, 5.74) is 3.32. The maximum atomic E-state index is 10.3. The van der Waals surface area contributed by atoms with Crippen molar-refractivity contribution in [3.8, 4) is 0 Å². The zero-order valence-corrected chi connectivity index (χ0v) is 16.0. The van der Waals surface area contributed by atoms with Crippen LogP contribution in [0.5, 0.6) is 0 Å². The summed E-state index contributed by atoms with van der Waals surface area (Å²) in [4.78, 5) is 16.2. The molecule has 0 bridgehead atoms. The third-order valence-corrected chi connectivity index (χ3v) is 5.51. The predicted octanol–water partition coefficient (Wildman–Crippen LogP) is 0.574. The molecule has 1 fully saturated rings. The van der Waals surface area contributed by atoms with Crippen molar-refractivity contribution in [3.63, 3.8) is 0 Å². The van der Waals surface area contributed by atoms with E-state index in [1.807, 2.05) is 24.4 Å². The van der Waals surface area contributed by atoms with Crippen LogP contribution in [0.15, 0.2) is 43.1 Å². The second-order valence-corrected chi connectivity index (χ2v) is 7.31. The van der Waals surface area contributed by atoms with Gasteiger partial charge < -0.3 is 30.4 Å². The molecule has 3 aromatic heterocycles. The summed E-state index contributed by atoms with van der Waals surface area (Å²) in [7, 11) is 0. The van der Waals surface area contributed by atoms with E-state index in [-0.39, 0.29) is 0 Å². The minimum atomic E-state index is -1.20. The van der Waals surface area contributed by atoms with Gasteiger partial charge >= 0.3 is 0 Å². The van der Waals surface area contributed by atoms with E-state index in [0.29, 0.717) is 23.5 Å². The maximum absolute atomic E-state index is 10.3. The number of imidazole rings is 1. The largest absolute Gasteiger partial charge is 0.394 e. The normalized spacial score (nSPS) is 24.1. The quantitative estimate of drug-likeness (QED) is 0.311. The fourth-order valence-electron chi connectivity index (χ4n) is 3.93. The van der Waals surface area contributed by atoms with E-state index in [0.717, 1.165) is 11.9 Å². The number of benzene rings is 1. The number of anilines is 1. The van der Waals surface area contributed by atoms with E-state index in [4.69, 9.17) is 4.74 Å². The number of nitrogens with zero attached hydrogens (tertiary/aromatic N) is 4. The zero-order chi connectivity index (χ0) is 20.7. The molecule has 0 spiro atoms. The summed E-state index contributed by atoms with van der Waals surface area (Å²) in [6, 6.07) is 8.16. The molecule has 5 N–H and O–H groups in total. The lowest BCUT2D eigenvalue weighted by molar-refractivity contribution is -0.0511. The number of H-pyrrole nitrogens is 1. The number of para-hydroxylation sites is 1. The molecule has 10 heteroatoms. The van der Waals surface area contributed by atoms with Crippen molar-refractivity contribution in [2.45, 2.75) is 31.0 Å². The standard InChI is InChI=1S/C20H22N6O4/c27-8-14-16(28)17(29)20(30-14)26-10-25-15-18(23-9-24-19(15)26)21-6-5-11-7-22-13-4-2-1-3-12(11)13/h1-4,7,9-10,14,16-17,20,22,27-29H,5-6,8H2,(H,21,23,24)/t14-,16?,17?,20?/m1/s1. The van der Waals surface area contributed by atoms with Crippen LogP contribution >= 0.6 is 0 Å². The summed E-state index contributed by atoms with van der Waals surface area (Å²) in [6.07, 6.45) is 1.57. The van der Waals surface area contributed by atoms with Gasteiger partial charge in [0.15, 0.2) is 23.2 Å². The first kappa shape index (κ1) is 18.9. The van der Waals surface area contributed by atoms with Gasteiger partial charge in [-0.2, -0.15) is 0 Å². The highest BCUT2D eigenvalue weighted by Gasteiger charge is 2.44. The van der Waals surface area contributed by atoms with Gasteiger partial charge in [0.1, 0.15) is 24.6 Å². The smallest absolute Gasteiger partial charge is 0.167 e. The van der Waals surface area contributed by atoms with Crippen LogP contribution < -0.4 is 5.32 Å². The number of fused-ring (bicyclic) bond motifs is 2. The molecule has 1 aliphatic heterocycles. The molecule has 5 rings (SSSR count). The molecule has 4 aromatic rings. The fourth-order valence-corrected chi connectivity index (χ4v) is 3.93. The van der Waals surface area contributed by atoms with Crippen LogP contribution in [-0.4, -0.2) is 71.3 Å². The summed E-state index contributed by atoms with van der Waals surface area (Å²) >= 11 is 0. The lowest BCUT2D eigenvalue weighted by Crippen LogP contribution is -2.33. The number of aliphatic hydroxyl groups excluding tert-OH is 3. The first-order valence-corrected chi connectivity index (χ1v) is 9.76. The van der Waals surface area contributed by atoms with E-state index in [1.54, 1.807) is 4.57 Å². The number of hydrogen-bond donors (Lipinski definition) is 5. The van der Waals surface area contributed by atoms with Gasteiger partial charge in [-0.3, -0.25) is 4.57 Å². The van der Waals surface area contributed by atoms with Gasteiger partial charge in [-0.05, 0) is 18.1 Å². The van der Waals surface area contributed by atoms with Crippen LogP contribution in [-0.2, 0) is 11.2 Å². The number of aromatic nitrogens is 5. The second-order valence-electron chi connectivity index (χ2n) is 7.31. The SMILES string of the molecule is OC[C@H]1OC(n2cnc3c(NCCc4c[nH]c5ccccc45)ncnc32)C(O)C1O. The number of hydrogen-bond acceptors (Lipinski definition) is 8. The Hall–Kier alpha value is -3.05. The number of aliphatic hydroxyl groups is 3. The van der Waals surface area contributed by atoms with E-state index >= 15 is 0 Å². The average Bonchev–Trinajstić information content (AvgIpc) is 3.45. The number of nitrogens with one attached hydrogen (secondary N) is 2. The zero-order valence-electron chi connectivity index (χ0n) is 16.0. The molecule has 0 amide bonds. The van der Waals surface area contributed by atoms with Crippen LogP contribution in [0.2, 0.25) is 0 Å². The fraction of sp³-hybridized carbons (Fsp3) is 0.350. The molecule has 0 aliphatic carbocycles. The van der Waals surface area contributed by atoms with Crippen LogP contribution in [0.3, 0.4) is 0 Å². The van der Waals surface area contributed by atoms with Gasteiger partial charge in [0.25, 0.3) is 0 Å². The summed E-state index contributed by atoms with van der Waals surface area (Å²) in [5.74, 6) is 0.574. The first-order chi connectivity index (χ1) is 14.7. The van der Waals surface area contributed by atoms with Crippen molar-refractivity contribution in [1.82, 2.24) is 24.5 Å². The molecule has 4 atom stereocenters. The molecule has 156 valence electrons. The molecule has 1 saturated heterocycles. The predicted molar refractivity (Wildman–Crippen MR) is 109 cm³/mol. The molecular formula is C20H22N6O4. The van der Waals surface area contributed by atoms with Crippen molar-refractivity contribution in [2.75, 3.05) is 18.5 Å². The second kappa shape index (κ2) is 7.65. The van der Waals surface area contributed by atoms with Crippen molar-refractivity contribution < 1.29 is 20.1 Å². The van der Waals surface area contributed by atoms with Gasteiger partial charge in [-0.15, -0.1) is 0 Å². The summed E-state index contributed by atoms with van der Waals surface area (Å²) < 4.78 is 7.13. The lowest BCUT2D eigenvalue weighted by Gasteiger charge is -2.16. The van der Waals surface area contributed by atoms with Crippen molar-refractivity contribution in [1.29, 1.82) is 0 Å². The van der Waals surface area contributed by atoms with E-state index in [9.17, 15) is 15.3 Å². The highest BCUT2D eigenvalue weighted by atomic mass is 16.6. The minimum absolute atomic E-state index is 0.392. The molecule has 1 aromatic carbocycles. The Morgan fingerprint density at radius 2 is 2.00 bits per heavy atom. The van der Waals surface area contributed by atoms with Crippen molar-refractivity contribution >= 4 is 27.9 Å². The Bertz CT molecular complexity index is 1170. The third-order valence-electron chi connectivity index (χ3n) is 5.51. The van der Waals surface area contributed by atoms with Gasteiger partial charge in [0.2, 0.25) is 0 Å². The van der Waals surface area contributed by atoms with Crippen LogP contribution in [0, 0.1) is 0 Å². The molecule has 0 radical (unpaired) electrons. The highest BCUT2D eigenvalue weighted by molar-refractivity contribution is 5.84. The number of rotatable bonds is 6. The highest BCUT2D eigenvalue weighted by Crippen LogP contribution is 2.32. The molecule has 30 heavy (non-hydrogen) atoms. The monoisotopic (exact) mass is 410 g/mol. The van der Waals surface area contributed by atoms with Crippen LogP contribution in [0.25, 0.3) is 22.1 Å². The molecule has 3 unspecified atom stereocenters. The maximum Gasteiger partial charge on any atom is 0.167 e. The van der Waals surface area contributed by atoms with E-state index in [2.05, 4.69) is 31.3 Å². The Kier molecular flexibility index (Phi) is 4.83. The third kappa shape index (κ3) is 3.10. The molecule has 4 heterocycles. The first-order valence-electron chi connectivity index (χ1n) is 9.76. The van der Waals surface area contributed by atoms with Gasteiger partial charge in [0.05, 0.1) is 12.9 Å². The Balaban J connectivity index is 1.35. The van der Waals surface area contributed by atoms with Crippen LogP contribution in [0.4, 0.5) is 5.82 Å². The molecular weight excluding hydrogens is 388 g/mol. The minimum Gasteiger partial charge on any atom is -0.394 e. The van der Waals surface area contributed by atoms with Crippen LogP contribution in [0.1, 0.15) is 11.8 Å². The number of aromatic amines is 1. The molecule has 10 nitrogen and oxygen atoms in total. The summed E-state index contributed by atoms with van der Waals surface area (Å²) in [5, 5.41) is 34.1. The lowest BCUT2D eigenvalue weighted by atomic mass is 10.1. The van der Waals surface area contributed by atoms with E-state index in [1.165, 1.54) is 23.6 Å². The average molecular weight is 410 g/mol. The van der Waals surface area contributed by atoms with Gasteiger partial charge in [-0.25, -0.2) is 15.0 Å². The Morgan fingerprint density at radius 3 is 2.83 bits per heavy atom. The molecule has 1 aliphatic rings. The molecule has 0 saturated carbocycles. The topological polar surface area (TPSA) is 141 Å². The van der Waals surface area contributed by atoms with Gasteiger partial charge in [-0.1, -0.05) is 18.2 Å². The number of ether oxygens (including phenoxy) is 1. The Morgan fingerprint density at radius 1 is 1.13 bits per heavy atom. The van der Waals surface area contributed by atoms with Crippen molar-refractivity contribution in [2.24, 2.45) is 0 Å². The summed E-state index contributed by atoms with van der Waals surface area (Å²) in [6.45, 7) is 0.256.